The molecule has 0 aliphatic carbocycles. The van der Waals surface area contributed by atoms with Crippen LogP contribution >= 0.6 is 11.6 Å². The van der Waals surface area contributed by atoms with Crippen molar-refractivity contribution in [2.75, 3.05) is 14.1 Å². The molecule has 25 heavy (non-hydrogen) atoms. The Kier molecular flexibility index (Phi) is 5.05. The van der Waals surface area contributed by atoms with Crippen molar-refractivity contribution in [3.63, 3.8) is 0 Å². The van der Waals surface area contributed by atoms with Crippen LogP contribution in [0.1, 0.15) is 0 Å². The standard InChI is InChI=1S/C19H16ClFN4/c1-25(2)12-24-18-10-13(7-9-22-18)15-4-3-8-23-19(15)16-11-14(20)5-6-17(16)21/h3-12H,1-2H3. The Hall–Kier alpha value is -2.79. The molecular weight excluding hydrogens is 339 g/mol. The number of aliphatic imine (C=N–C) groups is 1. The number of nitrogens with zero attached hydrogens (tertiary/aromatic N) is 4. The monoisotopic (exact) mass is 354 g/mol. The molecule has 4 nitrogen and oxygen atoms in total. The molecule has 3 rings (SSSR count). The van der Waals surface area contributed by atoms with Gasteiger partial charge in [-0.3, -0.25) is 4.98 Å². The summed E-state index contributed by atoms with van der Waals surface area (Å²) in [4.78, 5) is 14.7. The summed E-state index contributed by atoms with van der Waals surface area (Å²) in [5.74, 6) is 0.192. The van der Waals surface area contributed by atoms with Crippen molar-refractivity contribution in [2.45, 2.75) is 0 Å². The predicted molar refractivity (Wildman–Crippen MR) is 99.7 cm³/mol. The highest BCUT2D eigenvalue weighted by Crippen LogP contribution is 2.33. The minimum atomic E-state index is -0.371. The van der Waals surface area contributed by atoms with E-state index in [1.165, 1.54) is 12.1 Å². The molecule has 0 unspecified atom stereocenters. The second kappa shape index (κ2) is 7.40. The Labute approximate surface area is 150 Å². The van der Waals surface area contributed by atoms with Gasteiger partial charge >= 0.3 is 0 Å². The summed E-state index contributed by atoms with van der Waals surface area (Å²) in [6, 6.07) is 11.8. The van der Waals surface area contributed by atoms with Gasteiger partial charge in [-0.2, -0.15) is 0 Å². The first-order valence-electron chi connectivity index (χ1n) is 7.62. The third kappa shape index (κ3) is 4.00. The SMILES string of the molecule is CN(C)C=Nc1cc(-c2cccnc2-c2cc(Cl)ccc2F)ccn1. The van der Waals surface area contributed by atoms with E-state index in [0.29, 0.717) is 22.1 Å². The van der Waals surface area contributed by atoms with E-state index < -0.39 is 0 Å². The van der Waals surface area contributed by atoms with Crippen LogP contribution in [-0.2, 0) is 0 Å². The lowest BCUT2D eigenvalue weighted by Crippen LogP contribution is -2.07. The lowest BCUT2D eigenvalue weighted by Gasteiger charge is -2.10. The van der Waals surface area contributed by atoms with E-state index in [9.17, 15) is 4.39 Å². The smallest absolute Gasteiger partial charge is 0.154 e. The molecule has 3 aromatic rings. The van der Waals surface area contributed by atoms with E-state index >= 15 is 0 Å². The molecule has 0 amide bonds. The second-order valence-corrected chi connectivity index (χ2v) is 6.07. The zero-order chi connectivity index (χ0) is 17.8. The van der Waals surface area contributed by atoms with E-state index in [0.717, 1.165) is 11.1 Å². The highest BCUT2D eigenvalue weighted by molar-refractivity contribution is 6.30. The van der Waals surface area contributed by atoms with Gasteiger partial charge in [-0.1, -0.05) is 17.7 Å². The molecule has 0 radical (unpaired) electrons. The fraction of sp³-hybridized carbons (Fsp3) is 0.105. The Morgan fingerprint density at radius 1 is 1.04 bits per heavy atom. The quantitative estimate of drug-likeness (QED) is 0.498. The Morgan fingerprint density at radius 2 is 1.88 bits per heavy atom. The molecule has 2 heterocycles. The third-order valence-corrected chi connectivity index (χ3v) is 3.70. The van der Waals surface area contributed by atoms with Crippen molar-refractivity contribution in [3.8, 4) is 22.4 Å². The Balaban J connectivity index is 2.11. The molecule has 1 aromatic carbocycles. The van der Waals surface area contributed by atoms with Crippen LogP contribution < -0.4 is 0 Å². The van der Waals surface area contributed by atoms with E-state index in [4.69, 9.17) is 11.6 Å². The highest BCUT2D eigenvalue weighted by Gasteiger charge is 2.13. The molecule has 0 saturated heterocycles. The molecule has 0 atom stereocenters. The molecule has 0 aliphatic rings. The van der Waals surface area contributed by atoms with Gasteiger partial charge in [0.25, 0.3) is 0 Å². The molecule has 0 aliphatic heterocycles. The van der Waals surface area contributed by atoms with Crippen LogP contribution in [0.5, 0.6) is 0 Å². The number of halogens is 2. The number of hydrogen-bond donors (Lipinski definition) is 0. The van der Waals surface area contributed by atoms with Gasteiger partial charge in [0.2, 0.25) is 0 Å². The topological polar surface area (TPSA) is 41.4 Å². The van der Waals surface area contributed by atoms with Crippen molar-refractivity contribution < 1.29 is 4.39 Å². The fourth-order valence-electron chi connectivity index (χ4n) is 2.36. The number of benzene rings is 1. The molecular formula is C19H16ClFN4. The van der Waals surface area contributed by atoms with Crippen LogP contribution in [0.25, 0.3) is 22.4 Å². The minimum Gasteiger partial charge on any atom is -0.369 e. The van der Waals surface area contributed by atoms with Crippen LogP contribution in [0.4, 0.5) is 10.2 Å². The maximum atomic E-state index is 14.3. The largest absolute Gasteiger partial charge is 0.369 e. The van der Waals surface area contributed by atoms with Crippen LogP contribution in [0, 0.1) is 5.82 Å². The van der Waals surface area contributed by atoms with Crippen LogP contribution in [-0.4, -0.2) is 35.3 Å². The van der Waals surface area contributed by atoms with Crippen LogP contribution in [0.3, 0.4) is 0 Å². The number of hydrogen-bond acceptors (Lipinski definition) is 3. The fourth-order valence-corrected chi connectivity index (χ4v) is 2.54. The first-order chi connectivity index (χ1) is 12.0. The average molecular weight is 355 g/mol. The zero-order valence-electron chi connectivity index (χ0n) is 13.8. The maximum Gasteiger partial charge on any atom is 0.154 e. The summed E-state index contributed by atoms with van der Waals surface area (Å²) in [5.41, 5.74) is 2.52. The first-order valence-corrected chi connectivity index (χ1v) is 8.00. The van der Waals surface area contributed by atoms with Gasteiger partial charge in [0.05, 0.1) is 12.0 Å². The van der Waals surface area contributed by atoms with Gasteiger partial charge in [0.15, 0.2) is 5.82 Å². The van der Waals surface area contributed by atoms with Gasteiger partial charge in [0.1, 0.15) is 5.82 Å². The molecule has 0 fully saturated rings. The minimum absolute atomic E-state index is 0.359. The van der Waals surface area contributed by atoms with Crippen molar-refractivity contribution in [1.29, 1.82) is 0 Å². The molecule has 0 spiro atoms. The number of rotatable bonds is 4. The first kappa shape index (κ1) is 17.0. The van der Waals surface area contributed by atoms with E-state index in [1.54, 1.807) is 24.8 Å². The van der Waals surface area contributed by atoms with Gasteiger partial charge in [-0.15, -0.1) is 0 Å². The Bertz CT molecular complexity index is 925. The van der Waals surface area contributed by atoms with Gasteiger partial charge in [-0.05, 0) is 42.0 Å². The van der Waals surface area contributed by atoms with Crippen molar-refractivity contribution >= 4 is 23.8 Å². The van der Waals surface area contributed by atoms with Crippen molar-refractivity contribution in [1.82, 2.24) is 14.9 Å². The van der Waals surface area contributed by atoms with E-state index in [2.05, 4.69) is 15.0 Å². The van der Waals surface area contributed by atoms with Gasteiger partial charge < -0.3 is 4.90 Å². The normalized spacial score (nSPS) is 11.0. The van der Waals surface area contributed by atoms with Gasteiger partial charge in [-0.25, -0.2) is 14.4 Å². The summed E-state index contributed by atoms with van der Waals surface area (Å²) in [6.45, 7) is 0. The van der Waals surface area contributed by atoms with Gasteiger partial charge in [0, 0.05) is 42.6 Å². The average Bonchev–Trinajstić information content (AvgIpc) is 2.62. The van der Waals surface area contributed by atoms with Crippen LogP contribution in [0.15, 0.2) is 59.9 Å². The lowest BCUT2D eigenvalue weighted by atomic mass is 10.00. The van der Waals surface area contributed by atoms with E-state index in [-0.39, 0.29) is 5.82 Å². The van der Waals surface area contributed by atoms with Crippen molar-refractivity contribution in [3.05, 3.63) is 65.7 Å². The Morgan fingerprint density at radius 3 is 2.68 bits per heavy atom. The van der Waals surface area contributed by atoms with Crippen LogP contribution in [0.2, 0.25) is 5.02 Å². The van der Waals surface area contributed by atoms with Crippen molar-refractivity contribution in [2.24, 2.45) is 4.99 Å². The number of pyridine rings is 2. The lowest BCUT2D eigenvalue weighted by molar-refractivity contribution is 0.631. The van der Waals surface area contributed by atoms with E-state index in [1.807, 2.05) is 43.3 Å². The summed E-state index contributed by atoms with van der Waals surface area (Å²) < 4.78 is 14.3. The molecule has 6 heteroatoms. The maximum absolute atomic E-state index is 14.3. The molecule has 0 N–H and O–H groups in total. The predicted octanol–water partition coefficient (Wildman–Crippen LogP) is 4.82. The summed E-state index contributed by atoms with van der Waals surface area (Å²) in [5, 5.41) is 0.457. The summed E-state index contributed by atoms with van der Waals surface area (Å²) in [6.07, 6.45) is 4.97. The highest BCUT2D eigenvalue weighted by atomic mass is 35.5. The number of aromatic nitrogens is 2. The third-order valence-electron chi connectivity index (χ3n) is 3.47. The summed E-state index contributed by atoms with van der Waals surface area (Å²) in [7, 11) is 3.77. The second-order valence-electron chi connectivity index (χ2n) is 5.63. The zero-order valence-corrected chi connectivity index (χ0v) is 14.6. The molecule has 0 bridgehead atoms. The molecule has 2 aromatic heterocycles. The molecule has 126 valence electrons. The summed E-state index contributed by atoms with van der Waals surface area (Å²) >= 11 is 6.03. The molecule has 0 saturated carbocycles.